The maximum absolute atomic E-state index is 14.1. The van der Waals surface area contributed by atoms with E-state index in [9.17, 15) is 32.4 Å². The molecule has 266 valence electrons. The molecule has 0 spiro atoms. The number of hydrogen-bond donors (Lipinski definition) is 2. The number of sulfonamides is 1. The van der Waals surface area contributed by atoms with Crippen LogP contribution in [0.3, 0.4) is 0 Å². The fourth-order valence-corrected chi connectivity index (χ4v) is 8.82. The number of rotatable bonds is 8. The van der Waals surface area contributed by atoms with Crippen molar-refractivity contribution in [2.45, 2.75) is 108 Å². The summed E-state index contributed by atoms with van der Waals surface area (Å²) in [5.41, 5.74) is 1.99. The minimum absolute atomic E-state index is 0.00551. The fraction of sp³-hybridized carbons (Fsp3) is 0.629. The summed E-state index contributed by atoms with van der Waals surface area (Å²) in [6.07, 6.45) is 3.47. The van der Waals surface area contributed by atoms with Crippen molar-refractivity contribution in [3.8, 4) is 0 Å². The summed E-state index contributed by atoms with van der Waals surface area (Å²) >= 11 is 0. The first-order valence-corrected chi connectivity index (χ1v) is 18.9. The zero-order valence-electron chi connectivity index (χ0n) is 28.1. The molecule has 4 bridgehead atoms. The van der Waals surface area contributed by atoms with Gasteiger partial charge in [-0.2, -0.15) is 0 Å². The number of carbonyl (C=O) groups excluding carboxylic acids is 5. The number of aryl methyl sites for hydroxylation is 1. The number of fused-ring (bicyclic) bond motifs is 3. The second kappa shape index (κ2) is 13.8. The van der Waals surface area contributed by atoms with Crippen LogP contribution in [0.4, 0.5) is 9.59 Å². The Kier molecular flexibility index (Phi) is 9.80. The van der Waals surface area contributed by atoms with Gasteiger partial charge in [-0.1, -0.05) is 38.1 Å². The van der Waals surface area contributed by atoms with E-state index >= 15 is 0 Å². The summed E-state index contributed by atoms with van der Waals surface area (Å²) in [6.45, 7) is 8.18. The molecule has 13 nitrogen and oxygen atoms in total. The van der Waals surface area contributed by atoms with Crippen LogP contribution in [0.2, 0.25) is 0 Å². The number of Topliss-reactive ketones (excluding diaryl/α,β-unsaturated/α-hetero) is 1. The first-order valence-electron chi connectivity index (χ1n) is 17.3. The highest BCUT2D eigenvalue weighted by molar-refractivity contribution is 7.90. The molecular weight excluding hydrogens is 652 g/mol. The van der Waals surface area contributed by atoms with Gasteiger partial charge in [-0.05, 0) is 73.5 Å². The number of cyclic esters (lactones) is 1. The summed E-state index contributed by atoms with van der Waals surface area (Å²) < 4.78 is 38.8. The fourth-order valence-electron chi connectivity index (χ4n) is 7.43. The van der Waals surface area contributed by atoms with Crippen molar-refractivity contribution >= 4 is 39.8 Å². The molecule has 1 aromatic carbocycles. The molecule has 0 aromatic heterocycles. The minimum Gasteiger partial charge on any atom is -0.450 e. The Balaban J connectivity index is 1.25. The van der Waals surface area contributed by atoms with Gasteiger partial charge in [0.25, 0.3) is 0 Å². The van der Waals surface area contributed by atoms with Gasteiger partial charge in [-0.3, -0.25) is 24.0 Å². The second-order valence-corrected chi connectivity index (χ2v) is 16.5. The number of benzene rings is 1. The maximum atomic E-state index is 14.1. The standard InChI is InChI=1S/C35H46N4O9S/c1-4-24-16-35(24,32(42)37-49(45,46)26-12-13-26)17-29(40)28-15-25-19-39(28)31(41)30(21(2)3)36-33(43)47-14-7-5-6-9-22-10-8-11-23-18-38(20-27(22)23)34(44)48-25/h4,8,10-11,21,24-26,28,30H,1,5-7,9,12-20H2,2-3H3,(H,36,43)(H,37,42)/t24-,25-,28+,30+,35-/m1/s1. The topological polar surface area (TPSA) is 168 Å². The number of nitrogens with zero attached hydrogens (tertiary/aromatic N) is 2. The Labute approximate surface area is 287 Å². The van der Waals surface area contributed by atoms with Crippen LogP contribution >= 0.6 is 0 Å². The van der Waals surface area contributed by atoms with Gasteiger partial charge in [0.05, 0.1) is 29.9 Å². The molecule has 1 aromatic rings. The molecule has 5 aliphatic rings. The second-order valence-electron chi connectivity index (χ2n) is 14.5. The van der Waals surface area contributed by atoms with E-state index in [1.54, 1.807) is 24.8 Å². The van der Waals surface area contributed by atoms with Crippen molar-refractivity contribution in [3.63, 3.8) is 0 Å². The van der Waals surface area contributed by atoms with Crippen LogP contribution in [0.25, 0.3) is 0 Å². The lowest BCUT2D eigenvalue weighted by Crippen LogP contribution is -2.54. The lowest BCUT2D eigenvalue weighted by molar-refractivity contribution is -0.141. The van der Waals surface area contributed by atoms with Crippen LogP contribution in [0, 0.1) is 17.3 Å². The smallest absolute Gasteiger partial charge is 0.410 e. The van der Waals surface area contributed by atoms with Gasteiger partial charge in [-0.25, -0.2) is 18.0 Å². The maximum Gasteiger partial charge on any atom is 0.410 e. The van der Waals surface area contributed by atoms with Gasteiger partial charge >= 0.3 is 12.2 Å². The number of nitrogens with one attached hydrogen (secondary N) is 2. The quantitative estimate of drug-likeness (QED) is 0.387. The number of allylic oxidation sites excluding steroid dienone is 1. The van der Waals surface area contributed by atoms with E-state index in [0.29, 0.717) is 32.4 Å². The van der Waals surface area contributed by atoms with Crippen molar-refractivity contribution in [1.29, 1.82) is 0 Å². The van der Waals surface area contributed by atoms with E-state index < -0.39 is 74.6 Å². The lowest BCUT2D eigenvalue weighted by Gasteiger charge is -2.30. The van der Waals surface area contributed by atoms with E-state index in [0.717, 1.165) is 36.0 Å². The summed E-state index contributed by atoms with van der Waals surface area (Å²) in [7, 11) is -3.85. The first-order chi connectivity index (χ1) is 23.3. The van der Waals surface area contributed by atoms with Crippen LogP contribution < -0.4 is 10.0 Å². The van der Waals surface area contributed by atoms with E-state index in [4.69, 9.17) is 9.47 Å². The molecular formula is C35H46N4O9S. The number of amides is 4. The Bertz CT molecular complexity index is 1640. The van der Waals surface area contributed by atoms with Gasteiger partial charge in [-0.15, -0.1) is 6.58 Å². The molecule has 1 saturated heterocycles. The van der Waals surface area contributed by atoms with E-state index in [2.05, 4.69) is 22.7 Å². The molecule has 49 heavy (non-hydrogen) atoms. The van der Waals surface area contributed by atoms with Crippen molar-refractivity contribution in [1.82, 2.24) is 19.8 Å². The Morgan fingerprint density at radius 3 is 2.57 bits per heavy atom. The average molecular weight is 699 g/mol. The molecule has 3 fully saturated rings. The molecule has 4 amide bonds. The molecule has 0 radical (unpaired) electrons. The molecule has 2 aliphatic carbocycles. The molecule has 2 N–H and O–H groups in total. The molecule has 6 rings (SSSR count). The molecule has 14 heteroatoms. The van der Waals surface area contributed by atoms with Crippen molar-refractivity contribution < 1.29 is 41.9 Å². The Morgan fingerprint density at radius 1 is 1.12 bits per heavy atom. The summed E-state index contributed by atoms with van der Waals surface area (Å²) in [5.74, 6) is -2.53. The van der Waals surface area contributed by atoms with E-state index in [-0.39, 0.29) is 38.3 Å². The zero-order chi connectivity index (χ0) is 35.1. The predicted octanol–water partition coefficient (Wildman–Crippen LogP) is 3.35. The number of ether oxygens (including phenoxy) is 2. The van der Waals surface area contributed by atoms with Crippen LogP contribution in [-0.2, 0) is 53.4 Å². The molecule has 5 atom stereocenters. The SMILES string of the molecule is C=C[C@@H]1C[C@]1(CC(=O)[C@@H]1C[C@@H]2CN1C(=O)[C@H](C(C)C)NC(=O)OCCCCCc1cccc3c1CN(C3)C(=O)O2)C(=O)NS(=O)(=O)C1CC1. The van der Waals surface area contributed by atoms with Crippen LogP contribution in [-0.4, -0.2) is 84.6 Å². The summed E-state index contributed by atoms with van der Waals surface area (Å²) in [4.78, 5) is 71.0. The molecule has 3 aliphatic heterocycles. The number of carbonyl (C=O) groups is 5. The Hall–Kier alpha value is -3.94. The van der Waals surface area contributed by atoms with Crippen LogP contribution in [0.1, 0.15) is 81.9 Å². The predicted molar refractivity (Wildman–Crippen MR) is 177 cm³/mol. The lowest BCUT2D eigenvalue weighted by atomic mass is 9.91. The first kappa shape index (κ1) is 34.9. The third-order valence-electron chi connectivity index (χ3n) is 10.6. The Morgan fingerprint density at radius 2 is 1.88 bits per heavy atom. The van der Waals surface area contributed by atoms with Crippen molar-refractivity contribution in [3.05, 3.63) is 47.5 Å². The highest BCUT2D eigenvalue weighted by atomic mass is 32.2. The van der Waals surface area contributed by atoms with Gasteiger partial charge in [0.2, 0.25) is 21.8 Å². The average Bonchev–Trinajstić information content (AvgIpc) is 3.95. The van der Waals surface area contributed by atoms with Crippen molar-refractivity contribution in [2.24, 2.45) is 17.3 Å². The highest BCUT2D eigenvalue weighted by Gasteiger charge is 2.61. The number of hydrogen-bond acceptors (Lipinski definition) is 9. The monoisotopic (exact) mass is 698 g/mol. The van der Waals surface area contributed by atoms with Gasteiger partial charge in [0, 0.05) is 25.9 Å². The largest absolute Gasteiger partial charge is 0.450 e. The third-order valence-corrected chi connectivity index (χ3v) is 12.4. The normalized spacial score (nSPS) is 29.2. The number of ketones is 1. The van der Waals surface area contributed by atoms with Gasteiger partial charge in [0.1, 0.15) is 12.1 Å². The minimum atomic E-state index is -3.85. The highest BCUT2D eigenvalue weighted by Crippen LogP contribution is 2.57. The van der Waals surface area contributed by atoms with Gasteiger partial charge < -0.3 is 19.7 Å². The van der Waals surface area contributed by atoms with Crippen molar-refractivity contribution in [2.75, 3.05) is 13.2 Å². The molecule has 0 unspecified atom stereocenters. The van der Waals surface area contributed by atoms with E-state index in [1.807, 2.05) is 12.1 Å². The summed E-state index contributed by atoms with van der Waals surface area (Å²) in [6, 6.07) is 3.93. The third kappa shape index (κ3) is 7.34. The molecule has 2 saturated carbocycles. The van der Waals surface area contributed by atoms with E-state index in [1.165, 1.54) is 4.90 Å². The van der Waals surface area contributed by atoms with Crippen LogP contribution in [0.15, 0.2) is 30.9 Å². The molecule has 3 heterocycles. The number of alkyl carbamates (subject to hydrolysis) is 1. The van der Waals surface area contributed by atoms with Gasteiger partial charge in [0.15, 0.2) is 5.78 Å². The summed E-state index contributed by atoms with van der Waals surface area (Å²) in [5, 5.41) is 2.06. The van der Waals surface area contributed by atoms with Crippen LogP contribution in [0.5, 0.6) is 0 Å². The zero-order valence-corrected chi connectivity index (χ0v) is 29.0.